The van der Waals surface area contributed by atoms with Crippen molar-refractivity contribution in [2.24, 2.45) is 0 Å². The molecule has 2 N–H and O–H groups in total. The Labute approximate surface area is 151 Å². The Morgan fingerprint density at radius 2 is 1.68 bits per heavy atom. The SMILES string of the molecule is CCOC(=O)Nc1ccc(NS(=O)(=O)C=Cc2ccc(Cl)cc2)cc1. The second kappa shape index (κ2) is 8.55. The Bertz CT molecular complexity index is 847. The van der Waals surface area contributed by atoms with E-state index >= 15 is 0 Å². The molecule has 0 spiro atoms. The van der Waals surface area contributed by atoms with Crippen molar-refractivity contribution in [1.29, 1.82) is 0 Å². The summed E-state index contributed by atoms with van der Waals surface area (Å²) < 4.78 is 31.3. The standard InChI is InChI=1S/C17H17ClN2O4S/c1-2-24-17(21)19-15-7-9-16(10-8-15)20-25(22,23)12-11-13-3-5-14(18)6-4-13/h3-12,20H,2H2,1H3,(H,19,21). The molecule has 0 aliphatic carbocycles. The second-order valence-electron chi connectivity index (χ2n) is 4.92. The molecule has 0 aliphatic rings. The minimum Gasteiger partial charge on any atom is -0.450 e. The zero-order valence-electron chi connectivity index (χ0n) is 13.4. The summed E-state index contributed by atoms with van der Waals surface area (Å²) in [7, 11) is -3.66. The Kier molecular flexibility index (Phi) is 6.44. The van der Waals surface area contributed by atoms with E-state index in [1.807, 2.05) is 0 Å². The summed E-state index contributed by atoms with van der Waals surface area (Å²) in [5.74, 6) is 0. The lowest BCUT2D eigenvalue weighted by Crippen LogP contribution is -2.13. The number of carbonyl (C=O) groups excluding carboxylic acids is 1. The number of amides is 1. The number of rotatable bonds is 6. The molecule has 8 heteroatoms. The van der Waals surface area contributed by atoms with Gasteiger partial charge in [0, 0.05) is 16.4 Å². The van der Waals surface area contributed by atoms with Crippen LogP contribution in [0.1, 0.15) is 12.5 Å². The molecule has 6 nitrogen and oxygen atoms in total. The van der Waals surface area contributed by atoms with Gasteiger partial charge in [0.05, 0.1) is 12.0 Å². The van der Waals surface area contributed by atoms with Crippen LogP contribution in [-0.4, -0.2) is 21.1 Å². The molecule has 2 aromatic carbocycles. The summed E-state index contributed by atoms with van der Waals surface area (Å²) in [6, 6.07) is 13.0. The van der Waals surface area contributed by atoms with Crippen LogP contribution in [-0.2, 0) is 14.8 Å². The number of hydrogen-bond donors (Lipinski definition) is 2. The molecular weight excluding hydrogens is 364 g/mol. The van der Waals surface area contributed by atoms with Crippen LogP contribution < -0.4 is 10.0 Å². The maximum atomic E-state index is 12.1. The van der Waals surface area contributed by atoms with Crippen LogP contribution >= 0.6 is 11.6 Å². The minimum atomic E-state index is -3.66. The van der Waals surface area contributed by atoms with Gasteiger partial charge in [0.1, 0.15) is 0 Å². The first-order valence-corrected chi connectivity index (χ1v) is 9.31. The fourth-order valence-corrected chi connectivity index (χ4v) is 2.84. The Morgan fingerprint density at radius 1 is 1.08 bits per heavy atom. The number of carbonyl (C=O) groups is 1. The monoisotopic (exact) mass is 380 g/mol. The fourth-order valence-electron chi connectivity index (χ4n) is 1.85. The van der Waals surface area contributed by atoms with Gasteiger partial charge in [-0.15, -0.1) is 0 Å². The number of anilines is 2. The molecule has 1 amide bonds. The third-order valence-electron chi connectivity index (χ3n) is 2.98. The van der Waals surface area contributed by atoms with Gasteiger partial charge in [-0.25, -0.2) is 13.2 Å². The number of benzene rings is 2. The molecule has 0 saturated heterocycles. The van der Waals surface area contributed by atoms with Crippen LogP contribution in [0.25, 0.3) is 6.08 Å². The van der Waals surface area contributed by atoms with Crippen LogP contribution in [0.15, 0.2) is 53.9 Å². The van der Waals surface area contributed by atoms with Crippen molar-refractivity contribution in [3.63, 3.8) is 0 Å². The van der Waals surface area contributed by atoms with E-state index in [0.29, 0.717) is 22.0 Å². The molecule has 0 heterocycles. The highest BCUT2D eigenvalue weighted by molar-refractivity contribution is 7.95. The molecule has 132 valence electrons. The summed E-state index contributed by atoms with van der Waals surface area (Å²) in [4.78, 5) is 11.3. The van der Waals surface area contributed by atoms with E-state index in [9.17, 15) is 13.2 Å². The molecule has 2 rings (SSSR count). The van der Waals surface area contributed by atoms with Crippen molar-refractivity contribution in [3.8, 4) is 0 Å². The van der Waals surface area contributed by atoms with Gasteiger partial charge in [-0.2, -0.15) is 0 Å². The molecule has 0 saturated carbocycles. The number of nitrogens with one attached hydrogen (secondary N) is 2. The molecule has 0 unspecified atom stereocenters. The number of ether oxygens (including phenoxy) is 1. The van der Waals surface area contributed by atoms with E-state index in [2.05, 4.69) is 10.0 Å². The third kappa shape index (κ3) is 6.48. The fraction of sp³-hybridized carbons (Fsp3) is 0.118. The maximum Gasteiger partial charge on any atom is 0.411 e. The molecule has 0 radical (unpaired) electrons. The lowest BCUT2D eigenvalue weighted by atomic mass is 10.2. The quantitative estimate of drug-likeness (QED) is 0.781. The lowest BCUT2D eigenvalue weighted by molar-refractivity contribution is 0.168. The molecule has 0 bridgehead atoms. The number of halogens is 1. The van der Waals surface area contributed by atoms with E-state index in [1.165, 1.54) is 18.2 Å². The van der Waals surface area contributed by atoms with E-state index < -0.39 is 16.1 Å². The highest BCUT2D eigenvalue weighted by Gasteiger charge is 2.07. The van der Waals surface area contributed by atoms with E-state index in [-0.39, 0.29) is 6.61 Å². The van der Waals surface area contributed by atoms with Crippen molar-refractivity contribution >= 4 is 45.2 Å². The molecule has 0 aromatic heterocycles. The van der Waals surface area contributed by atoms with Crippen LogP contribution in [0.3, 0.4) is 0 Å². The summed E-state index contributed by atoms with van der Waals surface area (Å²) in [6.07, 6.45) is 0.900. The van der Waals surface area contributed by atoms with Crippen molar-refractivity contribution in [1.82, 2.24) is 0 Å². The van der Waals surface area contributed by atoms with Crippen molar-refractivity contribution in [2.45, 2.75) is 6.92 Å². The van der Waals surface area contributed by atoms with Gasteiger partial charge in [-0.05, 0) is 55.0 Å². The Morgan fingerprint density at radius 3 is 2.28 bits per heavy atom. The normalized spacial score (nSPS) is 11.3. The maximum absolute atomic E-state index is 12.1. The largest absolute Gasteiger partial charge is 0.450 e. The topological polar surface area (TPSA) is 84.5 Å². The van der Waals surface area contributed by atoms with Gasteiger partial charge < -0.3 is 4.74 Å². The number of hydrogen-bond acceptors (Lipinski definition) is 4. The molecule has 0 atom stereocenters. The first-order chi connectivity index (χ1) is 11.9. The average molecular weight is 381 g/mol. The van der Waals surface area contributed by atoms with Crippen molar-refractivity contribution < 1.29 is 17.9 Å². The highest BCUT2D eigenvalue weighted by Crippen LogP contribution is 2.16. The second-order valence-corrected chi connectivity index (χ2v) is 6.93. The first-order valence-electron chi connectivity index (χ1n) is 7.38. The van der Waals surface area contributed by atoms with Crippen LogP contribution in [0.4, 0.5) is 16.2 Å². The molecule has 25 heavy (non-hydrogen) atoms. The lowest BCUT2D eigenvalue weighted by Gasteiger charge is -2.07. The van der Waals surface area contributed by atoms with Gasteiger partial charge in [0.15, 0.2) is 0 Å². The van der Waals surface area contributed by atoms with Crippen molar-refractivity contribution in [3.05, 3.63) is 64.5 Å². The van der Waals surface area contributed by atoms with E-state index in [1.54, 1.807) is 43.3 Å². The first kappa shape index (κ1) is 18.8. The van der Waals surface area contributed by atoms with Gasteiger partial charge in [-0.3, -0.25) is 10.0 Å². The van der Waals surface area contributed by atoms with Gasteiger partial charge >= 0.3 is 6.09 Å². The third-order valence-corrected chi connectivity index (χ3v) is 4.24. The van der Waals surface area contributed by atoms with Gasteiger partial charge in [0.2, 0.25) is 0 Å². The average Bonchev–Trinajstić information content (AvgIpc) is 2.56. The molecule has 2 aromatic rings. The molecular formula is C17H17ClN2O4S. The van der Waals surface area contributed by atoms with Crippen LogP contribution in [0.2, 0.25) is 5.02 Å². The van der Waals surface area contributed by atoms with Gasteiger partial charge in [-0.1, -0.05) is 23.7 Å². The highest BCUT2D eigenvalue weighted by atomic mass is 35.5. The molecule has 0 aliphatic heterocycles. The summed E-state index contributed by atoms with van der Waals surface area (Å²) in [6.45, 7) is 1.97. The van der Waals surface area contributed by atoms with Crippen LogP contribution in [0.5, 0.6) is 0 Å². The molecule has 0 fully saturated rings. The van der Waals surface area contributed by atoms with E-state index in [4.69, 9.17) is 16.3 Å². The van der Waals surface area contributed by atoms with E-state index in [0.717, 1.165) is 5.41 Å². The van der Waals surface area contributed by atoms with Crippen molar-refractivity contribution in [2.75, 3.05) is 16.6 Å². The predicted molar refractivity (Wildman–Crippen MR) is 100 cm³/mol. The summed E-state index contributed by atoms with van der Waals surface area (Å²) in [5, 5.41) is 4.17. The zero-order chi connectivity index (χ0) is 18.3. The van der Waals surface area contributed by atoms with Gasteiger partial charge in [0.25, 0.3) is 10.0 Å². The summed E-state index contributed by atoms with van der Waals surface area (Å²) >= 11 is 5.78. The smallest absolute Gasteiger partial charge is 0.411 e. The zero-order valence-corrected chi connectivity index (χ0v) is 15.0. The minimum absolute atomic E-state index is 0.268. The predicted octanol–water partition coefficient (Wildman–Crippen LogP) is 4.32. The summed E-state index contributed by atoms with van der Waals surface area (Å²) in [5.41, 5.74) is 1.58. The Balaban J connectivity index is 2.00. The Hall–Kier alpha value is -2.51. The number of sulfonamides is 1. The van der Waals surface area contributed by atoms with Crippen LogP contribution in [0, 0.1) is 0 Å².